The van der Waals surface area contributed by atoms with Crippen molar-refractivity contribution in [1.29, 1.82) is 0 Å². The molecule has 0 atom stereocenters. The minimum atomic E-state index is 0.504. The minimum Gasteiger partial charge on any atom is -0.490 e. The molecular formula is C21H23NO2. The zero-order chi connectivity index (χ0) is 16.8. The molecule has 3 heteroatoms. The summed E-state index contributed by atoms with van der Waals surface area (Å²) in [5.74, 6) is 1.76. The Morgan fingerprint density at radius 3 is 2.38 bits per heavy atom. The Labute approximate surface area is 143 Å². The van der Waals surface area contributed by atoms with E-state index < -0.39 is 0 Å². The lowest BCUT2D eigenvalue weighted by Crippen LogP contribution is -2.11. The van der Waals surface area contributed by atoms with E-state index in [2.05, 4.69) is 25.1 Å². The maximum Gasteiger partial charge on any atom is 0.123 e. The second kappa shape index (κ2) is 7.84. The van der Waals surface area contributed by atoms with Crippen LogP contribution in [0, 0.1) is 6.92 Å². The maximum absolute atomic E-state index is 5.96. The first-order valence-corrected chi connectivity index (χ1v) is 8.31. The minimum absolute atomic E-state index is 0.504. The van der Waals surface area contributed by atoms with Gasteiger partial charge in [-0.1, -0.05) is 48.0 Å². The zero-order valence-corrected chi connectivity index (χ0v) is 14.0. The van der Waals surface area contributed by atoms with Crippen LogP contribution in [0.5, 0.6) is 11.5 Å². The third-order valence-corrected chi connectivity index (χ3v) is 4.02. The van der Waals surface area contributed by atoms with Crippen LogP contribution >= 0.6 is 0 Å². The highest BCUT2D eigenvalue weighted by Crippen LogP contribution is 2.28. The van der Waals surface area contributed by atoms with Crippen LogP contribution in [-0.2, 0) is 6.42 Å². The van der Waals surface area contributed by atoms with Crippen LogP contribution in [0.15, 0.2) is 60.7 Å². The standard InChI is InChI=1S/C21H23NO2/c1-16-6-9-18(10-7-16)23-14-15-24-21-11-8-17-4-2-3-5-19(17)20(21)12-13-22/h2-11H,12-15,22H2,1H3. The Morgan fingerprint density at radius 2 is 1.58 bits per heavy atom. The van der Waals surface area contributed by atoms with Gasteiger partial charge in [0.05, 0.1) is 0 Å². The number of hydrogen-bond acceptors (Lipinski definition) is 3. The lowest BCUT2D eigenvalue weighted by molar-refractivity contribution is 0.216. The van der Waals surface area contributed by atoms with Crippen LogP contribution in [0.1, 0.15) is 11.1 Å². The number of ether oxygens (including phenoxy) is 2. The van der Waals surface area contributed by atoms with E-state index >= 15 is 0 Å². The van der Waals surface area contributed by atoms with Gasteiger partial charge in [-0.15, -0.1) is 0 Å². The predicted octanol–water partition coefficient (Wildman–Crippen LogP) is 4.11. The molecule has 0 heterocycles. The molecule has 3 rings (SSSR count). The normalized spacial score (nSPS) is 10.8. The summed E-state index contributed by atoms with van der Waals surface area (Å²) < 4.78 is 11.7. The first-order valence-electron chi connectivity index (χ1n) is 8.31. The Kier molecular flexibility index (Phi) is 5.34. The summed E-state index contributed by atoms with van der Waals surface area (Å²) in [6, 6.07) is 20.5. The summed E-state index contributed by atoms with van der Waals surface area (Å²) in [7, 11) is 0. The summed E-state index contributed by atoms with van der Waals surface area (Å²) in [5.41, 5.74) is 8.18. The van der Waals surface area contributed by atoms with Crippen LogP contribution in [0.3, 0.4) is 0 Å². The fourth-order valence-corrected chi connectivity index (χ4v) is 2.80. The Morgan fingerprint density at radius 1 is 0.833 bits per heavy atom. The van der Waals surface area contributed by atoms with Gasteiger partial charge >= 0.3 is 0 Å². The molecule has 0 aromatic heterocycles. The molecule has 3 aromatic rings. The summed E-state index contributed by atoms with van der Waals surface area (Å²) in [5, 5.41) is 2.42. The van der Waals surface area contributed by atoms with Gasteiger partial charge in [0, 0.05) is 5.56 Å². The number of rotatable bonds is 7. The second-order valence-corrected chi connectivity index (χ2v) is 5.81. The monoisotopic (exact) mass is 321 g/mol. The number of fused-ring (bicyclic) bond motifs is 1. The number of aryl methyl sites for hydroxylation is 1. The highest BCUT2D eigenvalue weighted by Gasteiger charge is 2.08. The van der Waals surface area contributed by atoms with Crippen molar-refractivity contribution >= 4 is 10.8 Å². The fraction of sp³-hybridized carbons (Fsp3) is 0.238. The van der Waals surface area contributed by atoms with Crippen molar-refractivity contribution in [2.45, 2.75) is 13.3 Å². The third kappa shape index (κ3) is 3.87. The summed E-state index contributed by atoms with van der Waals surface area (Å²) in [4.78, 5) is 0. The molecule has 0 fully saturated rings. The molecule has 0 aliphatic carbocycles. The molecule has 24 heavy (non-hydrogen) atoms. The van der Waals surface area contributed by atoms with E-state index in [-0.39, 0.29) is 0 Å². The quantitative estimate of drug-likeness (QED) is 0.666. The highest BCUT2D eigenvalue weighted by molar-refractivity contribution is 5.87. The summed E-state index contributed by atoms with van der Waals surface area (Å²) in [6.45, 7) is 3.68. The molecule has 2 N–H and O–H groups in total. The number of nitrogens with two attached hydrogens (primary N) is 1. The Balaban J connectivity index is 1.66. The average Bonchev–Trinajstić information content (AvgIpc) is 2.62. The van der Waals surface area contributed by atoms with Crippen molar-refractivity contribution in [3.05, 3.63) is 71.8 Å². The molecule has 0 amide bonds. The van der Waals surface area contributed by atoms with Gasteiger partial charge in [0.1, 0.15) is 24.7 Å². The molecule has 0 bridgehead atoms. The predicted molar refractivity (Wildman–Crippen MR) is 98.9 cm³/mol. The molecular weight excluding hydrogens is 298 g/mol. The van der Waals surface area contributed by atoms with Crippen LogP contribution in [0.25, 0.3) is 10.8 Å². The van der Waals surface area contributed by atoms with E-state index in [0.29, 0.717) is 19.8 Å². The van der Waals surface area contributed by atoms with Gasteiger partial charge < -0.3 is 15.2 Å². The van der Waals surface area contributed by atoms with Crippen LogP contribution in [0.4, 0.5) is 0 Å². The third-order valence-electron chi connectivity index (χ3n) is 4.02. The van der Waals surface area contributed by atoms with E-state index in [9.17, 15) is 0 Å². The van der Waals surface area contributed by atoms with Gasteiger partial charge in [0.15, 0.2) is 0 Å². The first-order chi connectivity index (χ1) is 11.8. The fourth-order valence-electron chi connectivity index (χ4n) is 2.80. The number of benzene rings is 3. The summed E-state index contributed by atoms with van der Waals surface area (Å²) in [6.07, 6.45) is 0.801. The van der Waals surface area contributed by atoms with E-state index in [4.69, 9.17) is 15.2 Å². The van der Waals surface area contributed by atoms with E-state index in [1.807, 2.05) is 42.5 Å². The van der Waals surface area contributed by atoms with Crippen LogP contribution in [0.2, 0.25) is 0 Å². The Hall–Kier alpha value is -2.52. The summed E-state index contributed by atoms with van der Waals surface area (Å²) >= 11 is 0. The van der Waals surface area contributed by atoms with Gasteiger partial charge in [0.25, 0.3) is 0 Å². The highest BCUT2D eigenvalue weighted by atomic mass is 16.5. The van der Waals surface area contributed by atoms with Gasteiger partial charge in [0.2, 0.25) is 0 Å². The molecule has 0 saturated heterocycles. The average molecular weight is 321 g/mol. The first kappa shape index (κ1) is 16.3. The largest absolute Gasteiger partial charge is 0.490 e. The second-order valence-electron chi connectivity index (χ2n) is 5.81. The van der Waals surface area contributed by atoms with Crippen molar-refractivity contribution in [3.63, 3.8) is 0 Å². The molecule has 0 aliphatic rings. The van der Waals surface area contributed by atoms with Crippen molar-refractivity contribution in [2.75, 3.05) is 19.8 Å². The van der Waals surface area contributed by atoms with E-state index in [1.165, 1.54) is 21.9 Å². The SMILES string of the molecule is Cc1ccc(OCCOc2ccc3ccccc3c2CCN)cc1. The van der Waals surface area contributed by atoms with Crippen molar-refractivity contribution < 1.29 is 9.47 Å². The van der Waals surface area contributed by atoms with Crippen molar-refractivity contribution in [1.82, 2.24) is 0 Å². The molecule has 124 valence electrons. The van der Waals surface area contributed by atoms with Crippen LogP contribution in [-0.4, -0.2) is 19.8 Å². The van der Waals surface area contributed by atoms with E-state index in [1.54, 1.807) is 0 Å². The van der Waals surface area contributed by atoms with Crippen LogP contribution < -0.4 is 15.2 Å². The lowest BCUT2D eigenvalue weighted by Gasteiger charge is -2.14. The molecule has 3 nitrogen and oxygen atoms in total. The smallest absolute Gasteiger partial charge is 0.123 e. The van der Waals surface area contributed by atoms with Gasteiger partial charge in [-0.05, 0) is 48.9 Å². The van der Waals surface area contributed by atoms with Gasteiger partial charge in [-0.2, -0.15) is 0 Å². The zero-order valence-electron chi connectivity index (χ0n) is 14.0. The topological polar surface area (TPSA) is 44.5 Å². The lowest BCUT2D eigenvalue weighted by atomic mass is 10.0. The Bertz CT molecular complexity index is 797. The van der Waals surface area contributed by atoms with Crippen molar-refractivity contribution in [3.8, 4) is 11.5 Å². The van der Waals surface area contributed by atoms with Gasteiger partial charge in [-0.3, -0.25) is 0 Å². The maximum atomic E-state index is 5.96. The molecule has 0 aliphatic heterocycles. The van der Waals surface area contributed by atoms with Gasteiger partial charge in [-0.25, -0.2) is 0 Å². The molecule has 3 aromatic carbocycles. The molecule has 0 spiro atoms. The molecule has 0 saturated carbocycles. The van der Waals surface area contributed by atoms with Crippen molar-refractivity contribution in [2.24, 2.45) is 5.73 Å². The van der Waals surface area contributed by atoms with E-state index in [0.717, 1.165) is 17.9 Å². The molecule has 0 unspecified atom stereocenters. The number of hydrogen-bond donors (Lipinski definition) is 1. The molecule has 0 radical (unpaired) electrons.